The molecule has 0 aliphatic carbocycles. The zero-order chi connectivity index (χ0) is 18.2. The molecule has 1 aromatic carbocycles. The summed E-state index contributed by atoms with van der Waals surface area (Å²) in [5.41, 5.74) is 0.866. The Labute approximate surface area is 149 Å². The van der Waals surface area contributed by atoms with Crippen LogP contribution in [0, 0.1) is 0 Å². The van der Waals surface area contributed by atoms with Crippen molar-refractivity contribution < 1.29 is 19.4 Å². The Hall–Kier alpha value is -2.08. The highest BCUT2D eigenvalue weighted by Crippen LogP contribution is 2.25. The molecule has 0 radical (unpaired) electrons. The average molecular weight is 348 g/mol. The summed E-state index contributed by atoms with van der Waals surface area (Å²) in [6, 6.07) is 8.70. The quantitative estimate of drug-likeness (QED) is 0.822. The van der Waals surface area contributed by atoms with Crippen LogP contribution in [-0.4, -0.2) is 52.3 Å². The number of amides is 2. The summed E-state index contributed by atoms with van der Waals surface area (Å²) in [7, 11) is 0. The molecule has 0 aromatic heterocycles. The molecule has 0 saturated carbocycles. The van der Waals surface area contributed by atoms with Gasteiger partial charge in [-0.3, -0.25) is 9.69 Å². The van der Waals surface area contributed by atoms with Gasteiger partial charge in [0, 0.05) is 13.1 Å². The highest BCUT2D eigenvalue weighted by molar-refractivity contribution is 5.86. The minimum absolute atomic E-state index is 0.107. The molecule has 0 bridgehead atoms. The van der Waals surface area contributed by atoms with Crippen molar-refractivity contribution in [2.24, 2.45) is 0 Å². The molecule has 25 heavy (non-hydrogen) atoms. The highest BCUT2D eigenvalue weighted by atomic mass is 16.6. The molecule has 1 unspecified atom stereocenters. The van der Waals surface area contributed by atoms with Gasteiger partial charge in [-0.25, -0.2) is 4.79 Å². The van der Waals surface area contributed by atoms with E-state index >= 15 is 0 Å². The van der Waals surface area contributed by atoms with Gasteiger partial charge in [0.2, 0.25) is 5.91 Å². The lowest BCUT2D eigenvalue weighted by molar-refractivity contribution is -0.137. The van der Waals surface area contributed by atoms with E-state index in [4.69, 9.17) is 4.74 Å². The Balaban J connectivity index is 2.00. The number of nitrogens with zero attached hydrogens (tertiary/aromatic N) is 2. The van der Waals surface area contributed by atoms with Gasteiger partial charge in [0.05, 0.1) is 0 Å². The first-order valence-electron chi connectivity index (χ1n) is 9.04. The summed E-state index contributed by atoms with van der Waals surface area (Å²) >= 11 is 0. The minimum atomic E-state index is -0.970. The fraction of sp³-hybridized carbons (Fsp3) is 0.579. The molecule has 6 nitrogen and oxygen atoms in total. The Kier molecular flexibility index (Phi) is 7.25. The second-order valence-corrected chi connectivity index (χ2v) is 6.29. The summed E-state index contributed by atoms with van der Waals surface area (Å²) in [6.45, 7) is 5.39. The van der Waals surface area contributed by atoms with Crippen molar-refractivity contribution in [1.82, 2.24) is 9.80 Å². The van der Waals surface area contributed by atoms with Gasteiger partial charge in [-0.2, -0.15) is 0 Å². The Morgan fingerprint density at radius 1 is 1.24 bits per heavy atom. The molecular formula is C19H28N2O4. The molecule has 2 atom stereocenters. The predicted octanol–water partition coefficient (Wildman–Crippen LogP) is 2.75. The third-order valence-electron chi connectivity index (χ3n) is 4.53. The summed E-state index contributed by atoms with van der Waals surface area (Å²) < 4.78 is 5.31. The van der Waals surface area contributed by atoms with Crippen molar-refractivity contribution >= 4 is 12.0 Å². The van der Waals surface area contributed by atoms with Crippen LogP contribution in [0.5, 0.6) is 0 Å². The third kappa shape index (κ3) is 4.95. The van der Waals surface area contributed by atoms with Crippen LogP contribution in [0.4, 0.5) is 4.79 Å². The molecular weight excluding hydrogens is 320 g/mol. The molecule has 1 N–H and O–H groups in total. The normalized spacial score (nSPS) is 19.7. The van der Waals surface area contributed by atoms with E-state index in [1.54, 1.807) is 4.90 Å². The van der Waals surface area contributed by atoms with Gasteiger partial charge in [0.25, 0.3) is 0 Å². The van der Waals surface area contributed by atoms with Gasteiger partial charge in [0.15, 0.2) is 0 Å². The van der Waals surface area contributed by atoms with Crippen LogP contribution in [0.2, 0.25) is 0 Å². The van der Waals surface area contributed by atoms with Crippen LogP contribution in [0.25, 0.3) is 0 Å². The molecule has 1 aliphatic heterocycles. The Morgan fingerprint density at radius 2 is 1.96 bits per heavy atom. The van der Waals surface area contributed by atoms with E-state index in [-0.39, 0.29) is 12.5 Å². The molecule has 6 heteroatoms. The smallest absolute Gasteiger partial charge is 0.412 e. The van der Waals surface area contributed by atoms with Gasteiger partial charge >= 0.3 is 6.09 Å². The van der Waals surface area contributed by atoms with Gasteiger partial charge < -0.3 is 14.7 Å². The molecule has 138 valence electrons. The van der Waals surface area contributed by atoms with Crippen LogP contribution in [0.3, 0.4) is 0 Å². The number of ether oxygens (including phenoxy) is 1. The summed E-state index contributed by atoms with van der Waals surface area (Å²) in [5.74, 6) is -0.107. The molecule has 1 heterocycles. The van der Waals surface area contributed by atoms with Crippen LogP contribution in [-0.2, 0) is 16.1 Å². The summed E-state index contributed by atoms with van der Waals surface area (Å²) in [4.78, 5) is 28.2. The van der Waals surface area contributed by atoms with Gasteiger partial charge in [0.1, 0.15) is 18.9 Å². The third-order valence-corrected chi connectivity index (χ3v) is 4.53. The summed E-state index contributed by atoms with van der Waals surface area (Å²) in [5, 5.41) is 10.2. The second-order valence-electron chi connectivity index (χ2n) is 6.29. The largest absolute Gasteiger partial charge is 0.444 e. The number of carbonyl (C=O) groups excluding carboxylic acids is 2. The lowest BCUT2D eigenvalue weighted by Crippen LogP contribution is -2.50. The van der Waals surface area contributed by atoms with E-state index in [1.165, 1.54) is 4.90 Å². The molecule has 2 rings (SSSR count). The number of benzene rings is 1. The molecule has 1 saturated heterocycles. The van der Waals surface area contributed by atoms with E-state index in [0.717, 1.165) is 18.4 Å². The Bertz CT molecular complexity index is 564. The fourth-order valence-electron chi connectivity index (χ4n) is 3.06. The maximum Gasteiger partial charge on any atom is 0.412 e. The first-order valence-corrected chi connectivity index (χ1v) is 9.04. The first kappa shape index (κ1) is 19.2. The topological polar surface area (TPSA) is 70.1 Å². The van der Waals surface area contributed by atoms with Crippen molar-refractivity contribution in [1.29, 1.82) is 0 Å². The molecule has 1 fully saturated rings. The number of hydrogen-bond donors (Lipinski definition) is 1. The monoisotopic (exact) mass is 348 g/mol. The molecule has 1 aliphatic rings. The molecule has 0 spiro atoms. The number of aliphatic hydroxyl groups excluding tert-OH is 1. The zero-order valence-corrected chi connectivity index (χ0v) is 15.1. The highest BCUT2D eigenvalue weighted by Gasteiger charge is 2.42. The lowest BCUT2D eigenvalue weighted by atomic mass is 10.2. The van der Waals surface area contributed by atoms with E-state index in [9.17, 15) is 14.7 Å². The number of carbonyl (C=O) groups is 2. The SMILES string of the molecule is CCCCN(CC)C(=O)[C@@H]1CCC(O)N1C(=O)OCc1ccccc1. The Morgan fingerprint density at radius 3 is 2.60 bits per heavy atom. The van der Waals surface area contributed by atoms with Crippen LogP contribution in [0.15, 0.2) is 30.3 Å². The molecule has 2 amide bonds. The number of hydrogen-bond acceptors (Lipinski definition) is 4. The van der Waals surface area contributed by atoms with Gasteiger partial charge in [-0.05, 0) is 31.7 Å². The van der Waals surface area contributed by atoms with Gasteiger partial charge in [-0.1, -0.05) is 43.7 Å². The van der Waals surface area contributed by atoms with Crippen LogP contribution < -0.4 is 0 Å². The van der Waals surface area contributed by atoms with E-state index in [2.05, 4.69) is 6.92 Å². The number of unbranched alkanes of at least 4 members (excludes halogenated alkanes) is 1. The van der Waals surface area contributed by atoms with Gasteiger partial charge in [-0.15, -0.1) is 0 Å². The second kappa shape index (κ2) is 9.42. The number of rotatable bonds is 7. The maximum atomic E-state index is 12.8. The van der Waals surface area contributed by atoms with Crippen molar-refractivity contribution in [3.8, 4) is 0 Å². The predicted molar refractivity (Wildman–Crippen MR) is 94.7 cm³/mol. The van der Waals surface area contributed by atoms with E-state index < -0.39 is 18.4 Å². The summed E-state index contributed by atoms with van der Waals surface area (Å²) in [6.07, 6.45) is 1.17. The van der Waals surface area contributed by atoms with Crippen molar-refractivity contribution in [2.75, 3.05) is 13.1 Å². The van der Waals surface area contributed by atoms with Crippen LogP contribution >= 0.6 is 0 Å². The van der Waals surface area contributed by atoms with E-state index in [1.807, 2.05) is 37.3 Å². The molecule has 1 aromatic rings. The zero-order valence-electron chi connectivity index (χ0n) is 15.1. The van der Waals surface area contributed by atoms with E-state index in [0.29, 0.717) is 25.9 Å². The minimum Gasteiger partial charge on any atom is -0.444 e. The van der Waals surface area contributed by atoms with Crippen LogP contribution in [0.1, 0.15) is 45.1 Å². The van der Waals surface area contributed by atoms with Crippen molar-refractivity contribution in [3.05, 3.63) is 35.9 Å². The van der Waals surface area contributed by atoms with Crippen molar-refractivity contribution in [2.45, 2.75) is 58.4 Å². The number of likely N-dealkylation sites (tertiary alicyclic amines) is 1. The average Bonchev–Trinajstić information content (AvgIpc) is 3.02. The fourth-order valence-corrected chi connectivity index (χ4v) is 3.06. The lowest BCUT2D eigenvalue weighted by Gasteiger charge is -2.30. The first-order chi connectivity index (χ1) is 12.1. The van der Waals surface area contributed by atoms with Crippen molar-refractivity contribution in [3.63, 3.8) is 0 Å². The standard InChI is InChI=1S/C19H28N2O4/c1-3-5-13-20(4-2)18(23)16-11-12-17(22)21(16)19(24)25-14-15-9-7-6-8-10-15/h6-10,16-17,22H,3-5,11-14H2,1-2H3/t16-,17?/m0/s1. The number of aliphatic hydroxyl groups is 1. The number of likely N-dealkylation sites (N-methyl/N-ethyl adjacent to an activating group) is 1. The maximum absolute atomic E-state index is 12.8.